The van der Waals surface area contributed by atoms with Crippen LogP contribution < -0.4 is 16.2 Å². The number of nitrogens with zero attached hydrogens (tertiary/aromatic N) is 5. The molecule has 0 bridgehead atoms. The fourth-order valence-electron chi connectivity index (χ4n) is 4.39. The molecule has 2 fully saturated rings. The van der Waals surface area contributed by atoms with Gasteiger partial charge in [-0.1, -0.05) is 6.07 Å². The number of hydrogen-bond acceptors (Lipinski definition) is 6. The number of piperidine rings is 2. The normalized spacial score (nSPS) is 17.9. The van der Waals surface area contributed by atoms with Crippen LogP contribution in [0, 0.1) is 17.2 Å². The number of carbonyl (C=O) groups excluding carboxylic acids is 2. The van der Waals surface area contributed by atoms with Crippen LogP contribution in [-0.4, -0.2) is 52.3 Å². The third-order valence-electron chi connectivity index (χ3n) is 6.23. The summed E-state index contributed by atoms with van der Waals surface area (Å²) < 4.78 is 1.41. The van der Waals surface area contributed by atoms with E-state index in [4.69, 9.17) is 5.73 Å². The van der Waals surface area contributed by atoms with E-state index in [0.29, 0.717) is 50.5 Å². The van der Waals surface area contributed by atoms with Gasteiger partial charge in [-0.25, -0.2) is 4.98 Å². The highest BCUT2D eigenvalue weighted by atomic mass is 16.2. The monoisotopic (exact) mass is 434 g/mol. The van der Waals surface area contributed by atoms with Crippen molar-refractivity contribution in [1.29, 1.82) is 5.26 Å². The maximum absolute atomic E-state index is 13.4. The van der Waals surface area contributed by atoms with E-state index >= 15 is 0 Å². The number of amides is 2. The number of primary amides is 1. The number of aromatic nitrogens is 2. The van der Waals surface area contributed by atoms with Gasteiger partial charge in [-0.15, -0.1) is 0 Å². The minimum Gasteiger partial charge on any atom is -0.369 e. The largest absolute Gasteiger partial charge is 0.369 e. The Morgan fingerprint density at radius 2 is 1.84 bits per heavy atom. The Morgan fingerprint density at radius 3 is 2.50 bits per heavy atom. The van der Waals surface area contributed by atoms with Gasteiger partial charge in [0.05, 0.1) is 5.56 Å². The Labute approximate surface area is 185 Å². The molecule has 2 N–H and O–H groups in total. The SMILES string of the molecule is N#CC(=Cc1c(N2CCC(C(N)=O)CC2)nc2ccccn2c1=O)C(=O)N1CCCCC1. The van der Waals surface area contributed by atoms with Gasteiger partial charge in [0.1, 0.15) is 23.1 Å². The third-order valence-corrected chi connectivity index (χ3v) is 6.23. The highest BCUT2D eigenvalue weighted by molar-refractivity contribution is 6.02. The highest BCUT2D eigenvalue weighted by Crippen LogP contribution is 2.26. The second-order valence-corrected chi connectivity index (χ2v) is 8.27. The second-order valence-electron chi connectivity index (χ2n) is 8.27. The molecule has 0 radical (unpaired) electrons. The summed E-state index contributed by atoms with van der Waals surface area (Å²) in [4.78, 5) is 46.1. The molecule has 0 unspecified atom stereocenters. The van der Waals surface area contributed by atoms with E-state index in [1.807, 2.05) is 11.0 Å². The van der Waals surface area contributed by atoms with Gasteiger partial charge < -0.3 is 15.5 Å². The number of nitriles is 1. The molecule has 2 aliphatic heterocycles. The lowest BCUT2D eigenvalue weighted by atomic mass is 9.96. The topological polar surface area (TPSA) is 125 Å². The van der Waals surface area contributed by atoms with Gasteiger partial charge in [0.2, 0.25) is 5.91 Å². The Bertz CT molecular complexity index is 1160. The molecular formula is C23H26N6O3. The molecule has 32 heavy (non-hydrogen) atoms. The van der Waals surface area contributed by atoms with E-state index < -0.39 is 0 Å². The van der Waals surface area contributed by atoms with Gasteiger partial charge in [0.15, 0.2) is 0 Å². The molecule has 4 rings (SSSR count). The number of anilines is 1. The Balaban J connectivity index is 1.77. The first-order valence-corrected chi connectivity index (χ1v) is 11.0. The van der Waals surface area contributed by atoms with E-state index in [2.05, 4.69) is 4.98 Å². The summed E-state index contributed by atoms with van der Waals surface area (Å²) in [6.45, 7) is 2.23. The molecule has 2 amide bonds. The number of pyridine rings is 1. The molecular weight excluding hydrogens is 408 g/mol. The van der Waals surface area contributed by atoms with E-state index in [9.17, 15) is 19.6 Å². The molecule has 0 spiro atoms. The predicted molar refractivity (Wildman–Crippen MR) is 120 cm³/mol. The van der Waals surface area contributed by atoms with Gasteiger partial charge in [-0.3, -0.25) is 18.8 Å². The van der Waals surface area contributed by atoms with Crippen molar-refractivity contribution >= 4 is 29.4 Å². The predicted octanol–water partition coefficient (Wildman–Crippen LogP) is 1.32. The Hall–Kier alpha value is -3.67. The van der Waals surface area contributed by atoms with Crippen molar-refractivity contribution in [2.75, 3.05) is 31.1 Å². The zero-order chi connectivity index (χ0) is 22.7. The van der Waals surface area contributed by atoms with Gasteiger partial charge in [0.25, 0.3) is 11.5 Å². The number of carbonyl (C=O) groups is 2. The molecule has 4 heterocycles. The second kappa shape index (κ2) is 9.22. The number of nitrogens with two attached hydrogens (primary N) is 1. The first-order valence-electron chi connectivity index (χ1n) is 11.0. The molecule has 0 saturated carbocycles. The van der Waals surface area contributed by atoms with Crippen LogP contribution in [0.5, 0.6) is 0 Å². The van der Waals surface area contributed by atoms with Crippen molar-refractivity contribution in [3.8, 4) is 6.07 Å². The molecule has 9 heteroatoms. The van der Waals surface area contributed by atoms with Crippen LogP contribution in [0.25, 0.3) is 11.7 Å². The zero-order valence-corrected chi connectivity index (χ0v) is 17.9. The fourth-order valence-corrected chi connectivity index (χ4v) is 4.39. The highest BCUT2D eigenvalue weighted by Gasteiger charge is 2.27. The van der Waals surface area contributed by atoms with Crippen LogP contribution in [0.3, 0.4) is 0 Å². The Morgan fingerprint density at radius 1 is 1.12 bits per heavy atom. The smallest absolute Gasteiger partial charge is 0.267 e. The lowest BCUT2D eigenvalue weighted by molar-refractivity contribution is -0.127. The standard InChI is InChI=1S/C23H26N6O3/c24-15-17(22(31)28-9-3-1-4-10-28)14-18-21(27-12-7-16(8-13-27)20(25)30)26-19-6-2-5-11-29(19)23(18)32/h2,5-6,11,14,16H,1,3-4,7-10,12-13H2,(H2,25,30). The molecule has 2 saturated heterocycles. The van der Waals surface area contributed by atoms with Gasteiger partial charge in [-0.2, -0.15) is 5.26 Å². The van der Waals surface area contributed by atoms with E-state index in [1.165, 1.54) is 10.5 Å². The Kier molecular flexibility index (Phi) is 6.21. The van der Waals surface area contributed by atoms with Crippen LogP contribution in [-0.2, 0) is 9.59 Å². The number of likely N-dealkylation sites (tertiary alicyclic amines) is 1. The molecule has 9 nitrogen and oxygen atoms in total. The molecule has 2 aliphatic rings. The summed E-state index contributed by atoms with van der Waals surface area (Å²) in [6, 6.07) is 7.24. The zero-order valence-electron chi connectivity index (χ0n) is 17.9. The minimum absolute atomic E-state index is 0.0741. The average Bonchev–Trinajstić information content (AvgIpc) is 2.83. The van der Waals surface area contributed by atoms with Gasteiger partial charge in [0, 0.05) is 38.3 Å². The van der Waals surface area contributed by atoms with Crippen LogP contribution in [0.2, 0.25) is 0 Å². The number of rotatable bonds is 4. The van der Waals surface area contributed by atoms with E-state index in [-0.39, 0.29) is 34.4 Å². The summed E-state index contributed by atoms with van der Waals surface area (Å²) in [5, 5.41) is 9.73. The number of fused-ring (bicyclic) bond motifs is 1. The molecule has 2 aromatic rings. The summed E-state index contributed by atoms with van der Waals surface area (Å²) >= 11 is 0. The quantitative estimate of drug-likeness (QED) is 0.571. The molecule has 166 valence electrons. The van der Waals surface area contributed by atoms with Crippen molar-refractivity contribution in [3.63, 3.8) is 0 Å². The van der Waals surface area contributed by atoms with E-state index in [0.717, 1.165) is 19.3 Å². The third kappa shape index (κ3) is 4.21. The summed E-state index contributed by atoms with van der Waals surface area (Å²) in [6.07, 6.45) is 7.00. The van der Waals surface area contributed by atoms with Crippen LogP contribution in [0.4, 0.5) is 5.82 Å². The average molecular weight is 435 g/mol. The van der Waals surface area contributed by atoms with Crippen LogP contribution in [0.15, 0.2) is 34.8 Å². The van der Waals surface area contributed by atoms with Crippen LogP contribution >= 0.6 is 0 Å². The molecule has 0 aromatic carbocycles. The molecule has 2 aromatic heterocycles. The van der Waals surface area contributed by atoms with Crippen molar-refractivity contribution in [2.45, 2.75) is 32.1 Å². The number of hydrogen-bond donors (Lipinski definition) is 1. The lowest BCUT2D eigenvalue weighted by Gasteiger charge is -2.32. The van der Waals surface area contributed by atoms with Crippen molar-refractivity contribution in [3.05, 3.63) is 45.9 Å². The summed E-state index contributed by atoms with van der Waals surface area (Å²) in [5.74, 6) is -0.469. The van der Waals surface area contributed by atoms with Crippen molar-refractivity contribution in [1.82, 2.24) is 14.3 Å². The van der Waals surface area contributed by atoms with Crippen molar-refractivity contribution < 1.29 is 9.59 Å². The summed E-state index contributed by atoms with van der Waals surface area (Å²) in [5.41, 5.74) is 5.71. The van der Waals surface area contributed by atoms with Crippen LogP contribution in [0.1, 0.15) is 37.7 Å². The maximum atomic E-state index is 13.4. The maximum Gasteiger partial charge on any atom is 0.267 e. The lowest BCUT2D eigenvalue weighted by Crippen LogP contribution is -2.40. The molecule has 0 atom stereocenters. The first kappa shape index (κ1) is 21.6. The van der Waals surface area contributed by atoms with Gasteiger partial charge in [-0.05, 0) is 50.3 Å². The van der Waals surface area contributed by atoms with Gasteiger partial charge >= 0.3 is 0 Å². The minimum atomic E-state index is -0.358. The van der Waals surface area contributed by atoms with E-state index in [1.54, 1.807) is 29.3 Å². The molecule has 0 aliphatic carbocycles. The first-order chi connectivity index (χ1) is 15.5. The van der Waals surface area contributed by atoms with Crippen molar-refractivity contribution in [2.24, 2.45) is 11.7 Å². The summed E-state index contributed by atoms with van der Waals surface area (Å²) in [7, 11) is 0. The fraction of sp³-hybridized carbons (Fsp3) is 0.435.